The van der Waals surface area contributed by atoms with Crippen LogP contribution in [0.15, 0.2) is 84.0 Å². The summed E-state index contributed by atoms with van der Waals surface area (Å²) in [7, 11) is 0. The summed E-state index contributed by atoms with van der Waals surface area (Å²) in [5, 5.41) is 9.44. The van der Waals surface area contributed by atoms with Crippen LogP contribution in [-0.4, -0.2) is 24.6 Å². The number of aryl methyl sites for hydroxylation is 1. The van der Waals surface area contributed by atoms with Gasteiger partial charge >= 0.3 is 0 Å². The molecule has 0 aliphatic heterocycles. The third-order valence-electron chi connectivity index (χ3n) is 5.71. The summed E-state index contributed by atoms with van der Waals surface area (Å²) < 4.78 is 11.9. The highest BCUT2D eigenvalue weighted by Gasteiger charge is 2.11. The fraction of sp³-hybridized carbons (Fsp3) is 0.167. The molecule has 0 fully saturated rings. The van der Waals surface area contributed by atoms with Crippen molar-refractivity contribution in [2.45, 2.75) is 26.9 Å². The Kier molecular flexibility index (Phi) is 8.95. The van der Waals surface area contributed by atoms with E-state index < -0.39 is 11.8 Å². The minimum Gasteiger partial charge on any atom is -0.490 e. The van der Waals surface area contributed by atoms with Crippen molar-refractivity contribution in [3.05, 3.63) is 101 Å². The fourth-order valence-corrected chi connectivity index (χ4v) is 3.99. The van der Waals surface area contributed by atoms with Gasteiger partial charge in [0.05, 0.1) is 12.8 Å². The largest absolute Gasteiger partial charge is 0.490 e. The quantitative estimate of drug-likeness (QED) is 0.144. The van der Waals surface area contributed by atoms with Gasteiger partial charge in [0.15, 0.2) is 11.5 Å². The standard InChI is InChI=1S/C30H28ClN3O4/c1-3-37-28-15-21(12-14-27(28)38-19-23-9-6-8-22-7-4-5-10-25(22)23)18-32-34-30(36)17-29(35)33-24-13-11-20(2)26(31)16-24/h4-16,18H,3,17,19H2,1-2H3,(H,33,35)(H,34,36). The lowest BCUT2D eigenvalue weighted by Gasteiger charge is -2.13. The lowest BCUT2D eigenvalue weighted by atomic mass is 10.1. The predicted molar refractivity (Wildman–Crippen MR) is 151 cm³/mol. The van der Waals surface area contributed by atoms with Gasteiger partial charge in [0.2, 0.25) is 11.8 Å². The predicted octanol–water partition coefficient (Wildman–Crippen LogP) is 6.26. The number of nitrogens with zero attached hydrogens (tertiary/aromatic N) is 1. The first kappa shape index (κ1) is 26.7. The van der Waals surface area contributed by atoms with E-state index in [1.54, 1.807) is 30.3 Å². The molecular formula is C30H28ClN3O4. The van der Waals surface area contributed by atoms with Gasteiger partial charge in [-0.15, -0.1) is 0 Å². The zero-order valence-corrected chi connectivity index (χ0v) is 21.9. The van der Waals surface area contributed by atoms with Gasteiger partial charge in [0.25, 0.3) is 0 Å². The van der Waals surface area contributed by atoms with Gasteiger partial charge in [0, 0.05) is 10.7 Å². The van der Waals surface area contributed by atoms with Crippen LogP contribution < -0.4 is 20.2 Å². The molecule has 0 bridgehead atoms. The Bertz CT molecular complexity index is 1480. The highest BCUT2D eigenvalue weighted by atomic mass is 35.5. The van der Waals surface area contributed by atoms with Crippen LogP contribution in [0, 0.1) is 6.92 Å². The highest BCUT2D eigenvalue weighted by Crippen LogP contribution is 2.30. The average Bonchev–Trinajstić information content (AvgIpc) is 2.90. The molecule has 0 atom stereocenters. The molecule has 4 aromatic rings. The Morgan fingerprint density at radius 3 is 2.55 bits per heavy atom. The summed E-state index contributed by atoms with van der Waals surface area (Å²) in [5.74, 6) is 0.161. The van der Waals surface area contributed by atoms with E-state index in [0.717, 1.165) is 21.9 Å². The summed E-state index contributed by atoms with van der Waals surface area (Å²) in [6.07, 6.45) is 1.10. The minimum absolute atomic E-state index is 0.381. The monoisotopic (exact) mass is 529 g/mol. The molecule has 0 aliphatic rings. The summed E-state index contributed by atoms with van der Waals surface area (Å²) in [5.41, 5.74) is 5.56. The van der Waals surface area contributed by atoms with E-state index in [4.69, 9.17) is 21.1 Å². The van der Waals surface area contributed by atoms with Crippen molar-refractivity contribution in [2.75, 3.05) is 11.9 Å². The van der Waals surface area contributed by atoms with E-state index in [1.807, 2.05) is 44.2 Å². The summed E-state index contributed by atoms with van der Waals surface area (Å²) >= 11 is 6.07. The number of carbonyl (C=O) groups excluding carboxylic acids is 2. The maximum atomic E-state index is 12.1. The van der Waals surface area contributed by atoms with Gasteiger partial charge in [-0.3, -0.25) is 9.59 Å². The van der Waals surface area contributed by atoms with E-state index in [2.05, 4.69) is 34.0 Å². The molecule has 194 valence electrons. The van der Waals surface area contributed by atoms with Gasteiger partial charge in [0.1, 0.15) is 13.0 Å². The number of anilines is 1. The van der Waals surface area contributed by atoms with Crippen molar-refractivity contribution in [1.29, 1.82) is 0 Å². The molecule has 0 unspecified atom stereocenters. The normalized spacial score (nSPS) is 10.9. The number of nitrogens with one attached hydrogen (secondary N) is 2. The first-order chi connectivity index (χ1) is 18.4. The van der Waals surface area contributed by atoms with Crippen molar-refractivity contribution < 1.29 is 19.1 Å². The molecule has 0 saturated heterocycles. The van der Waals surface area contributed by atoms with Crippen molar-refractivity contribution in [3.63, 3.8) is 0 Å². The van der Waals surface area contributed by atoms with Gasteiger partial charge in [-0.05, 0) is 71.6 Å². The number of hydrogen-bond donors (Lipinski definition) is 2. The molecule has 0 saturated carbocycles. The van der Waals surface area contributed by atoms with Gasteiger partial charge in [-0.2, -0.15) is 5.10 Å². The number of carbonyl (C=O) groups is 2. The van der Waals surface area contributed by atoms with Crippen molar-refractivity contribution in [2.24, 2.45) is 5.10 Å². The van der Waals surface area contributed by atoms with Crippen LogP contribution in [0.25, 0.3) is 10.8 Å². The highest BCUT2D eigenvalue weighted by molar-refractivity contribution is 6.31. The molecule has 0 aromatic heterocycles. The summed E-state index contributed by atoms with van der Waals surface area (Å²) in [6, 6.07) is 24.9. The van der Waals surface area contributed by atoms with Crippen LogP contribution >= 0.6 is 11.6 Å². The third kappa shape index (κ3) is 7.11. The minimum atomic E-state index is -0.544. The Balaban J connectivity index is 1.34. The number of hydrogen-bond acceptors (Lipinski definition) is 5. The first-order valence-electron chi connectivity index (χ1n) is 12.2. The third-order valence-corrected chi connectivity index (χ3v) is 6.12. The zero-order chi connectivity index (χ0) is 26.9. The summed E-state index contributed by atoms with van der Waals surface area (Å²) in [6.45, 7) is 4.61. The SMILES string of the molecule is CCOc1cc(C=NNC(=O)CC(=O)Nc2ccc(C)c(Cl)c2)ccc1OCc1cccc2ccccc12. The lowest BCUT2D eigenvalue weighted by Crippen LogP contribution is -2.24. The van der Waals surface area contributed by atoms with E-state index in [1.165, 1.54) is 6.21 Å². The molecule has 0 aliphatic carbocycles. The second-order valence-electron chi connectivity index (χ2n) is 8.55. The van der Waals surface area contributed by atoms with Crippen molar-refractivity contribution in [3.8, 4) is 11.5 Å². The summed E-state index contributed by atoms with van der Waals surface area (Å²) in [4.78, 5) is 24.3. The zero-order valence-electron chi connectivity index (χ0n) is 21.2. The number of benzene rings is 4. The Labute approximate surface area is 226 Å². The van der Waals surface area contributed by atoms with Gasteiger partial charge in [-0.25, -0.2) is 5.43 Å². The van der Waals surface area contributed by atoms with E-state index in [-0.39, 0.29) is 6.42 Å². The van der Waals surface area contributed by atoms with Crippen LogP contribution in [0.4, 0.5) is 5.69 Å². The number of rotatable bonds is 10. The molecule has 4 aromatic carbocycles. The molecule has 0 spiro atoms. The molecule has 38 heavy (non-hydrogen) atoms. The van der Waals surface area contributed by atoms with Crippen LogP contribution in [0.1, 0.15) is 30.0 Å². The van der Waals surface area contributed by atoms with Crippen LogP contribution in [-0.2, 0) is 16.2 Å². The second kappa shape index (κ2) is 12.7. The Morgan fingerprint density at radius 1 is 0.921 bits per heavy atom. The topological polar surface area (TPSA) is 89.0 Å². The lowest BCUT2D eigenvalue weighted by molar-refractivity contribution is -0.126. The number of halogens is 1. The van der Waals surface area contributed by atoms with Gasteiger partial charge in [-0.1, -0.05) is 60.1 Å². The van der Waals surface area contributed by atoms with Crippen molar-refractivity contribution >= 4 is 46.1 Å². The number of fused-ring (bicyclic) bond motifs is 1. The fourth-order valence-electron chi connectivity index (χ4n) is 3.81. The first-order valence-corrected chi connectivity index (χ1v) is 12.5. The van der Waals surface area contributed by atoms with Crippen molar-refractivity contribution in [1.82, 2.24) is 5.43 Å². The maximum absolute atomic E-state index is 12.1. The van der Waals surface area contributed by atoms with E-state index >= 15 is 0 Å². The molecule has 0 heterocycles. The molecule has 8 heteroatoms. The van der Waals surface area contributed by atoms with Crippen LogP contribution in [0.3, 0.4) is 0 Å². The number of amides is 2. The number of hydrazone groups is 1. The Morgan fingerprint density at radius 2 is 1.74 bits per heavy atom. The van der Waals surface area contributed by atoms with Crippen LogP contribution in [0.5, 0.6) is 11.5 Å². The molecule has 0 radical (unpaired) electrons. The van der Waals surface area contributed by atoms with E-state index in [0.29, 0.717) is 41.0 Å². The number of ether oxygens (including phenoxy) is 2. The van der Waals surface area contributed by atoms with E-state index in [9.17, 15) is 9.59 Å². The molecule has 4 rings (SSSR count). The average molecular weight is 530 g/mol. The Hall–Kier alpha value is -4.36. The molecular weight excluding hydrogens is 502 g/mol. The maximum Gasteiger partial charge on any atom is 0.249 e. The smallest absolute Gasteiger partial charge is 0.249 e. The second-order valence-corrected chi connectivity index (χ2v) is 8.96. The molecule has 2 N–H and O–H groups in total. The molecule has 7 nitrogen and oxygen atoms in total. The van der Waals surface area contributed by atoms with Crippen LogP contribution in [0.2, 0.25) is 5.02 Å². The van der Waals surface area contributed by atoms with Gasteiger partial charge < -0.3 is 14.8 Å². The molecule has 2 amide bonds.